The summed E-state index contributed by atoms with van der Waals surface area (Å²) in [7, 11) is 0. The monoisotopic (exact) mass is 287 g/mol. The molecule has 0 aromatic heterocycles. The molecule has 1 aliphatic heterocycles. The molecule has 1 heterocycles. The standard InChI is InChI=1S/C18H25NO2/c1-13-9-11-15(12-10-13)19-16(14-7-5-4-6-8-14)18(2,3)21-17(19)20/h4-8,13,15-16H,9-12H2,1-3H3/t13?,15?,16-/m0/s1. The van der Waals surface area contributed by atoms with Gasteiger partial charge in [-0.1, -0.05) is 37.3 Å². The van der Waals surface area contributed by atoms with Crippen LogP contribution in [0.5, 0.6) is 0 Å². The Morgan fingerprint density at radius 3 is 2.33 bits per heavy atom. The molecule has 1 amide bonds. The first kappa shape index (κ1) is 14.4. The topological polar surface area (TPSA) is 29.5 Å². The SMILES string of the molecule is CC1CCC(N2C(=O)OC(C)(C)[C@@H]2c2ccccc2)CC1. The summed E-state index contributed by atoms with van der Waals surface area (Å²) < 4.78 is 5.70. The first-order chi connectivity index (χ1) is 9.99. The lowest BCUT2D eigenvalue weighted by Crippen LogP contribution is -2.42. The molecule has 1 aromatic rings. The molecule has 3 heteroatoms. The summed E-state index contributed by atoms with van der Waals surface area (Å²) >= 11 is 0. The minimum atomic E-state index is -0.471. The van der Waals surface area contributed by atoms with E-state index in [-0.39, 0.29) is 12.1 Å². The number of ether oxygens (including phenoxy) is 1. The van der Waals surface area contributed by atoms with Crippen molar-refractivity contribution in [2.24, 2.45) is 5.92 Å². The van der Waals surface area contributed by atoms with E-state index in [1.807, 2.05) is 36.9 Å². The van der Waals surface area contributed by atoms with Gasteiger partial charge in [-0.25, -0.2) is 4.79 Å². The molecule has 2 aliphatic rings. The second kappa shape index (κ2) is 5.36. The number of rotatable bonds is 2. The van der Waals surface area contributed by atoms with E-state index in [1.165, 1.54) is 18.4 Å². The van der Waals surface area contributed by atoms with E-state index >= 15 is 0 Å². The van der Waals surface area contributed by atoms with Crippen LogP contribution < -0.4 is 0 Å². The number of amides is 1. The van der Waals surface area contributed by atoms with Crippen LogP contribution in [0, 0.1) is 5.92 Å². The molecule has 114 valence electrons. The molecule has 2 fully saturated rings. The summed E-state index contributed by atoms with van der Waals surface area (Å²) in [4.78, 5) is 14.5. The quantitative estimate of drug-likeness (QED) is 0.799. The van der Waals surface area contributed by atoms with E-state index in [0.29, 0.717) is 6.04 Å². The number of nitrogens with zero attached hydrogens (tertiary/aromatic N) is 1. The molecule has 1 saturated carbocycles. The normalized spacial score (nSPS) is 32.0. The van der Waals surface area contributed by atoms with Gasteiger partial charge in [0.25, 0.3) is 0 Å². The van der Waals surface area contributed by atoms with E-state index in [2.05, 4.69) is 19.1 Å². The van der Waals surface area contributed by atoms with Crippen LogP contribution in [-0.2, 0) is 4.74 Å². The maximum absolute atomic E-state index is 12.5. The summed E-state index contributed by atoms with van der Waals surface area (Å²) in [5.74, 6) is 0.781. The van der Waals surface area contributed by atoms with Crippen molar-refractivity contribution in [2.75, 3.05) is 0 Å². The highest BCUT2D eigenvalue weighted by atomic mass is 16.6. The highest BCUT2D eigenvalue weighted by molar-refractivity contribution is 5.72. The first-order valence-corrected chi connectivity index (χ1v) is 8.05. The van der Waals surface area contributed by atoms with Gasteiger partial charge in [0.15, 0.2) is 0 Å². The first-order valence-electron chi connectivity index (χ1n) is 8.05. The third kappa shape index (κ3) is 2.66. The van der Waals surface area contributed by atoms with Gasteiger partial charge < -0.3 is 4.74 Å². The van der Waals surface area contributed by atoms with Gasteiger partial charge in [0.1, 0.15) is 5.60 Å². The van der Waals surface area contributed by atoms with Crippen molar-refractivity contribution >= 4 is 6.09 Å². The smallest absolute Gasteiger partial charge is 0.411 e. The van der Waals surface area contributed by atoms with Gasteiger partial charge in [-0.15, -0.1) is 0 Å². The summed E-state index contributed by atoms with van der Waals surface area (Å²) in [5, 5.41) is 0. The van der Waals surface area contributed by atoms with Crippen LogP contribution in [0.2, 0.25) is 0 Å². The molecular formula is C18H25NO2. The molecule has 3 rings (SSSR count). The van der Waals surface area contributed by atoms with Crippen molar-refractivity contribution in [3.8, 4) is 0 Å². The van der Waals surface area contributed by atoms with Gasteiger partial charge in [-0.3, -0.25) is 4.90 Å². The second-order valence-electron chi connectivity index (χ2n) is 7.11. The van der Waals surface area contributed by atoms with Crippen LogP contribution in [0.4, 0.5) is 4.79 Å². The summed E-state index contributed by atoms with van der Waals surface area (Å²) in [6.45, 7) is 6.35. The van der Waals surface area contributed by atoms with E-state index < -0.39 is 5.60 Å². The fourth-order valence-electron chi connectivity index (χ4n) is 3.85. The van der Waals surface area contributed by atoms with Crippen molar-refractivity contribution in [3.63, 3.8) is 0 Å². The minimum absolute atomic E-state index is 0.0182. The zero-order chi connectivity index (χ0) is 15.0. The maximum Gasteiger partial charge on any atom is 0.411 e. The highest BCUT2D eigenvalue weighted by Crippen LogP contribution is 2.44. The van der Waals surface area contributed by atoms with Crippen LogP contribution in [0.25, 0.3) is 0 Å². The molecule has 3 nitrogen and oxygen atoms in total. The Balaban J connectivity index is 1.91. The number of benzene rings is 1. The molecule has 1 saturated heterocycles. The molecule has 1 aliphatic carbocycles. The van der Waals surface area contributed by atoms with Gasteiger partial charge >= 0.3 is 6.09 Å². The molecule has 21 heavy (non-hydrogen) atoms. The number of hydrogen-bond acceptors (Lipinski definition) is 2. The van der Waals surface area contributed by atoms with Gasteiger partial charge in [-0.05, 0) is 51.0 Å². The second-order valence-corrected chi connectivity index (χ2v) is 7.11. The Labute approximate surface area is 127 Å². The molecular weight excluding hydrogens is 262 g/mol. The lowest BCUT2D eigenvalue weighted by molar-refractivity contribution is 0.0662. The van der Waals surface area contributed by atoms with Gasteiger partial charge in [0.2, 0.25) is 0 Å². The predicted octanol–water partition coefficient (Wildman–Crippen LogP) is 4.54. The third-order valence-corrected chi connectivity index (χ3v) is 4.99. The van der Waals surface area contributed by atoms with E-state index in [4.69, 9.17) is 4.74 Å². The summed E-state index contributed by atoms with van der Waals surface area (Å²) in [6, 6.07) is 10.6. The Bertz CT molecular complexity index is 503. The van der Waals surface area contributed by atoms with Crippen molar-refractivity contribution < 1.29 is 9.53 Å². The Kier molecular flexibility index (Phi) is 3.68. The molecule has 0 bridgehead atoms. The lowest BCUT2D eigenvalue weighted by atomic mass is 9.84. The van der Waals surface area contributed by atoms with Crippen molar-refractivity contribution in [3.05, 3.63) is 35.9 Å². The zero-order valence-corrected chi connectivity index (χ0v) is 13.2. The van der Waals surface area contributed by atoms with Crippen molar-refractivity contribution in [2.45, 2.75) is 64.1 Å². The van der Waals surface area contributed by atoms with Crippen LogP contribution in [0.15, 0.2) is 30.3 Å². The van der Waals surface area contributed by atoms with E-state index in [0.717, 1.165) is 18.8 Å². The zero-order valence-electron chi connectivity index (χ0n) is 13.2. The fraction of sp³-hybridized carbons (Fsp3) is 0.611. The Morgan fingerprint density at radius 1 is 1.10 bits per heavy atom. The summed E-state index contributed by atoms with van der Waals surface area (Å²) in [5.41, 5.74) is 0.702. The number of cyclic esters (lactones) is 1. The van der Waals surface area contributed by atoms with Crippen LogP contribution in [0.3, 0.4) is 0 Å². The molecule has 0 unspecified atom stereocenters. The molecule has 1 atom stereocenters. The van der Waals surface area contributed by atoms with Gasteiger partial charge in [-0.2, -0.15) is 0 Å². The van der Waals surface area contributed by atoms with Crippen LogP contribution in [-0.4, -0.2) is 22.6 Å². The van der Waals surface area contributed by atoms with Crippen molar-refractivity contribution in [1.82, 2.24) is 4.90 Å². The number of carbonyl (C=O) groups is 1. The fourth-order valence-corrected chi connectivity index (χ4v) is 3.85. The third-order valence-electron chi connectivity index (χ3n) is 4.99. The largest absolute Gasteiger partial charge is 0.441 e. The van der Waals surface area contributed by atoms with Crippen LogP contribution in [0.1, 0.15) is 58.1 Å². The molecule has 0 spiro atoms. The molecule has 0 radical (unpaired) electrons. The lowest BCUT2D eigenvalue weighted by Gasteiger charge is -2.37. The van der Waals surface area contributed by atoms with Gasteiger partial charge in [0, 0.05) is 6.04 Å². The predicted molar refractivity (Wildman–Crippen MR) is 83.0 cm³/mol. The highest BCUT2D eigenvalue weighted by Gasteiger charge is 2.51. The Hall–Kier alpha value is -1.51. The Morgan fingerprint density at radius 2 is 1.71 bits per heavy atom. The number of carbonyl (C=O) groups excluding carboxylic acids is 1. The molecule has 0 N–H and O–H groups in total. The van der Waals surface area contributed by atoms with Crippen LogP contribution >= 0.6 is 0 Å². The maximum atomic E-state index is 12.5. The van der Waals surface area contributed by atoms with E-state index in [9.17, 15) is 4.79 Å². The van der Waals surface area contributed by atoms with Gasteiger partial charge in [0.05, 0.1) is 6.04 Å². The minimum Gasteiger partial charge on any atom is -0.441 e. The number of hydrogen-bond donors (Lipinski definition) is 0. The van der Waals surface area contributed by atoms with E-state index in [1.54, 1.807) is 0 Å². The average Bonchev–Trinajstić information content (AvgIpc) is 2.70. The average molecular weight is 287 g/mol. The molecule has 1 aromatic carbocycles. The van der Waals surface area contributed by atoms with Crippen molar-refractivity contribution in [1.29, 1.82) is 0 Å². The summed E-state index contributed by atoms with van der Waals surface area (Å²) in [6.07, 6.45) is 4.45.